The number of benzene rings is 1. The van der Waals surface area contributed by atoms with Crippen LogP contribution in [0, 0.1) is 24.7 Å². The molecule has 0 bridgehead atoms. The topological polar surface area (TPSA) is 57.6 Å². The Balaban J connectivity index is 2.03. The van der Waals surface area contributed by atoms with Crippen molar-refractivity contribution in [2.75, 3.05) is 4.90 Å². The first-order valence-electron chi connectivity index (χ1n) is 6.85. The van der Waals surface area contributed by atoms with Crippen molar-refractivity contribution < 1.29 is 14.7 Å². The van der Waals surface area contributed by atoms with Crippen LogP contribution >= 0.6 is 0 Å². The minimum Gasteiger partial charge on any atom is -0.508 e. The number of phenolic OH excluding ortho intramolecular Hbond substituents is 1. The Bertz CT molecular complexity index is 620. The van der Waals surface area contributed by atoms with Gasteiger partial charge in [-0.1, -0.05) is 19.1 Å². The Morgan fingerprint density at radius 2 is 2.00 bits per heavy atom. The van der Waals surface area contributed by atoms with Gasteiger partial charge in [-0.15, -0.1) is 0 Å². The van der Waals surface area contributed by atoms with E-state index in [0.717, 1.165) is 5.56 Å². The summed E-state index contributed by atoms with van der Waals surface area (Å²) in [5, 5.41) is 9.46. The number of carbonyl (C=O) groups excluding carboxylic acids is 2. The highest BCUT2D eigenvalue weighted by molar-refractivity contribution is 6.22. The lowest BCUT2D eigenvalue weighted by atomic mass is 9.78. The maximum Gasteiger partial charge on any atom is 0.238 e. The molecule has 4 heteroatoms. The normalized spacial score (nSPS) is 28.9. The number of nitrogens with zero attached hydrogens (tertiary/aromatic N) is 1. The van der Waals surface area contributed by atoms with E-state index in [1.54, 1.807) is 19.1 Å². The van der Waals surface area contributed by atoms with Gasteiger partial charge >= 0.3 is 0 Å². The Morgan fingerprint density at radius 1 is 1.25 bits per heavy atom. The number of carbonyl (C=O) groups is 2. The molecule has 4 nitrogen and oxygen atoms in total. The van der Waals surface area contributed by atoms with Crippen molar-refractivity contribution in [2.24, 2.45) is 17.8 Å². The van der Waals surface area contributed by atoms with Gasteiger partial charge < -0.3 is 5.11 Å². The molecule has 3 atom stereocenters. The first kappa shape index (κ1) is 12.9. The van der Waals surface area contributed by atoms with Gasteiger partial charge in [-0.05, 0) is 43.0 Å². The van der Waals surface area contributed by atoms with Gasteiger partial charge in [0.25, 0.3) is 0 Å². The zero-order chi connectivity index (χ0) is 14.4. The molecule has 104 valence electrons. The van der Waals surface area contributed by atoms with E-state index in [4.69, 9.17) is 0 Å². The van der Waals surface area contributed by atoms with Crippen LogP contribution in [0.3, 0.4) is 0 Å². The van der Waals surface area contributed by atoms with Crippen LogP contribution in [0.2, 0.25) is 0 Å². The quantitative estimate of drug-likeness (QED) is 0.630. The van der Waals surface area contributed by atoms with Gasteiger partial charge in [0, 0.05) is 0 Å². The molecule has 1 N–H and O–H groups in total. The summed E-state index contributed by atoms with van der Waals surface area (Å²) in [6.07, 6.45) is 4.64. The number of rotatable bonds is 1. The summed E-state index contributed by atoms with van der Waals surface area (Å²) in [4.78, 5) is 26.4. The van der Waals surface area contributed by atoms with Crippen LogP contribution in [0.25, 0.3) is 0 Å². The van der Waals surface area contributed by atoms with Crippen LogP contribution < -0.4 is 4.90 Å². The molecular weight excluding hydrogens is 254 g/mol. The highest BCUT2D eigenvalue weighted by atomic mass is 16.3. The van der Waals surface area contributed by atoms with Crippen molar-refractivity contribution in [3.63, 3.8) is 0 Å². The molecule has 2 amide bonds. The number of aromatic hydroxyl groups is 1. The smallest absolute Gasteiger partial charge is 0.238 e. The number of imide groups is 1. The van der Waals surface area contributed by atoms with Gasteiger partial charge in [0.2, 0.25) is 11.8 Å². The van der Waals surface area contributed by atoms with E-state index in [2.05, 4.69) is 0 Å². The predicted molar refractivity (Wildman–Crippen MR) is 75.2 cm³/mol. The number of allylic oxidation sites excluding steroid dienone is 2. The molecule has 1 fully saturated rings. The third-order valence-corrected chi connectivity index (χ3v) is 4.29. The van der Waals surface area contributed by atoms with Crippen molar-refractivity contribution in [3.05, 3.63) is 35.9 Å². The number of fused-ring (bicyclic) bond motifs is 1. The van der Waals surface area contributed by atoms with E-state index in [0.29, 0.717) is 12.1 Å². The van der Waals surface area contributed by atoms with Gasteiger partial charge in [0.05, 0.1) is 17.5 Å². The monoisotopic (exact) mass is 271 g/mol. The van der Waals surface area contributed by atoms with Gasteiger partial charge in [0.1, 0.15) is 5.75 Å². The molecule has 1 aliphatic heterocycles. The summed E-state index contributed by atoms with van der Waals surface area (Å²) >= 11 is 0. The Labute approximate surface area is 117 Å². The number of phenols is 1. The Hall–Kier alpha value is -2.10. The van der Waals surface area contributed by atoms with Crippen molar-refractivity contribution in [2.45, 2.75) is 20.3 Å². The van der Waals surface area contributed by atoms with Crippen LogP contribution in [0.5, 0.6) is 5.75 Å². The molecule has 0 unspecified atom stereocenters. The average Bonchev–Trinajstić information content (AvgIpc) is 2.64. The van der Waals surface area contributed by atoms with Crippen molar-refractivity contribution in [3.8, 4) is 5.75 Å². The van der Waals surface area contributed by atoms with E-state index in [1.807, 2.05) is 19.1 Å². The standard InChI is InChI=1S/C16H17NO3/c1-9-4-3-5-12-14(9)16(20)17(15(12)19)13-7-6-11(18)8-10(13)2/h3-4,6-9,12,14,18H,5H2,1-2H3/t9-,12+,14-/m0/s1. The second kappa shape index (κ2) is 4.47. The molecule has 1 aromatic rings. The van der Waals surface area contributed by atoms with Crippen molar-refractivity contribution in [1.82, 2.24) is 0 Å². The van der Waals surface area contributed by atoms with Gasteiger partial charge in [0.15, 0.2) is 0 Å². The molecule has 2 aliphatic rings. The van der Waals surface area contributed by atoms with E-state index < -0.39 is 0 Å². The Kier molecular flexibility index (Phi) is 2.89. The lowest BCUT2D eigenvalue weighted by Crippen LogP contribution is -2.32. The molecule has 1 heterocycles. The molecule has 1 aliphatic carbocycles. The second-order valence-electron chi connectivity index (χ2n) is 5.64. The number of aryl methyl sites for hydroxylation is 1. The predicted octanol–water partition coefficient (Wildman–Crippen LogP) is 2.40. The van der Waals surface area contributed by atoms with E-state index in [-0.39, 0.29) is 35.3 Å². The first-order chi connectivity index (χ1) is 9.50. The van der Waals surface area contributed by atoms with E-state index in [1.165, 1.54) is 11.0 Å². The van der Waals surface area contributed by atoms with E-state index >= 15 is 0 Å². The van der Waals surface area contributed by atoms with Gasteiger partial charge in [-0.25, -0.2) is 4.90 Å². The van der Waals surface area contributed by atoms with Crippen LogP contribution in [-0.2, 0) is 9.59 Å². The van der Waals surface area contributed by atoms with Crippen LogP contribution in [-0.4, -0.2) is 16.9 Å². The summed E-state index contributed by atoms with van der Waals surface area (Å²) in [5.41, 5.74) is 1.31. The largest absolute Gasteiger partial charge is 0.508 e. The molecule has 20 heavy (non-hydrogen) atoms. The molecule has 3 rings (SSSR count). The summed E-state index contributed by atoms with van der Waals surface area (Å²) in [7, 11) is 0. The lowest BCUT2D eigenvalue weighted by molar-refractivity contribution is -0.122. The number of anilines is 1. The van der Waals surface area contributed by atoms with Crippen LogP contribution in [0.15, 0.2) is 30.4 Å². The summed E-state index contributed by atoms with van der Waals surface area (Å²) < 4.78 is 0. The van der Waals surface area contributed by atoms with Crippen molar-refractivity contribution >= 4 is 17.5 Å². The highest BCUT2D eigenvalue weighted by Gasteiger charge is 2.50. The summed E-state index contributed by atoms with van der Waals surface area (Å²) in [5.74, 6) is -0.502. The molecule has 1 aromatic carbocycles. The number of hydrogen-bond donors (Lipinski definition) is 1. The fraction of sp³-hybridized carbons (Fsp3) is 0.375. The highest BCUT2D eigenvalue weighted by Crippen LogP contribution is 2.41. The summed E-state index contributed by atoms with van der Waals surface area (Å²) in [6, 6.07) is 4.71. The summed E-state index contributed by atoms with van der Waals surface area (Å²) in [6.45, 7) is 3.77. The third kappa shape index (κ3) is 1.75. The number of amides is 2. The fourth-order valence-electron chi connectivity index (χ4n) is 3.28. The zero-order valence-electron chi connectivity index (χ0n) is 11.5. The minimum absolute atomic E-state index is 0.0904. The van der Waals surface area contributed by atoms with Gasteiger partial charge in [-0.2, -0.15) is 0 Å². The average molecular weight is 271 g/mol. The maximum absolute atomic E-state index is 12.6. The number of hydrogen-bond acceptors (Lipinski definition) is 3. The third-order valence-electron chi connectivity index (χ3n) is 4.29. The molecule has 0 saturated carbocycles. The molecule has 0 radical (unpaired) electrons. The van der Waals surface area contributed by atoms with Crippen LogP contribution in [0.1, 0.15) is 18.9 Å². The van der Waals surface area contributed by atoms with Gasteiger partial charge in [-0.3, -0.25) is 9.59 Å². The van der Waals surface area contributed by atoms with E-state index in [9.17, 15) is 14.7 Å². The first-order valence-corrected chi connectivity index (χ1v) is 6.85. The Morgan fingerprint density at radius 3 is 2.65 bits per heavy atom. The lowest BCUT2D eigenvalue weighted by Gasteiger charge is -2.22. The SMILES string of the molecule is Cc1cc(O)ccc1N1C(=O)[C@H]2[C@@H](C)C=CC[C@H]2C1=O. The fourth-order valence-corrected chi connectivity index (χ4v) is 3.28. The maximum atomic E-state index is 12.6. The second-order valence-corrected chi connectivity index (χ2v) is 5.64. The zero-order valence-corrected chi connectivity index (χ0v) is 11.5. The molecule has 1 saturated heterocycles. The molecular formula is C16H17NO3. The molecule has 0 spiro atoms. The van der Waals surface area contributed by atoms with Crippen LogP contribution in [0.4, 0.5) is 5.69 Å². The van der Waals surface area contributed by atoms with Crippen molar-refractivity contribution in [1.29, 1.82) is 0 Å². The minimum atomic E-state index is -0.249. The molecule has 0 aromatic heterocycles.